The van der Waals surface area contributed by atoms with E-state index in [0.717, 1.165) is 6.20 Å². The standard InChI is InChI=1S/C9H11F2N3O2/c10-9(11)8-4(1-7(15)16)5(13)3-14-6(8)2-12/h3,9H,1-2,12-13H2,(H,15,16). The second kappa shape index (κ2) is 4.84. The van der Waals surface area contributed by atoms with Crippen molar-refractivity contribution in [3.63, 3.8) is 0 Å². The molecule has 0 aromatic carbocycles. The molecule has 1 aromatic rings. The molecule has 5 N–H and O–H groups in total. The fraction of sp³-hybridized carbons (Fsp3) is 0.333. The summed E-state index contributed by atoms with van der Waals surface area (Å²) in [6, 6.07) is 0. The summed E-state index contributed by atoms with van der Waals surface area (Å²) in [5.41, 5.74) is 10.0. The SMILES string of the molecule is NCc1ncc(N)c(CC(=O)O)c1C(F)F. The van der Waals surface area contributed by atoms with Gasteiger partial charge in [0, 0.05) is 12.1 Å². The lowest BCUT2D eigenvalue weighted by Gasteiger charge is -2.13. The lowest BCUT2D eigenvalue weighted by atomic mass is 10.0. The molecular formula is C9H11F2N3O2. The van der Waals surface area contributed by atoms with E-state index in [0.29, 0.717) is 0 Å². The molecule has 0 spiro atoms. The molecule has 0 bridgehead atoms. The van der Waals surface area contributed by atoms with E-state index in [1.165, 1.54) is 0 Å². The first-order chi connectivity index (χ1) is 7.47. The van der Waals surface area contributed by atoms with Gasteiger partial charge in [0.2, 0.25) is 0 Å². The van der Waals surface area contributed by atoms with E-state index in [2.05, 4.69) is 4.98 Å². The van der Waals surface area contributed by atoms with Crippen molar-refractivity contribution in [2.24, 2.45) is 5.73 Å². The summed E-state index contributed by atoms with van der Waals surface area (Å²) in [5.74, 6) is -1.23. The highest BCUT2D eigenvalue weighted by atomic mass is 19.3. The van der Waals surface area contributed by atoms with E-state index < -0.39 is 24.4 Å². The number of nitrogens with two attached hydrogens (primary N) is 2. The summed E-state index contributed by atoms with van der Waals surface area (Å²) < 4.78 is 25.5. The van der Waals surface area contributed by atoms with Crippen LogP contribution in [0, 0.1) is 0 Å². The van der Waals surface area contributed by atoms with Gasteiger partial charge in [-0.2, -0.15) is 0 Å². The molecule has 0 atom stereocenters. The first kappa shape index (κ1) is 12.3. The van der Waals surface area contributed by atoms with Crippen LogP contribution in [0.3, 0.4) is 0 Å². The zero-order valence-electron chi connectivity index (χ0n) is 8.28. The van der Waals surface area contributed by atoms with E-state index in [4.69, 9.17) is 16.6 Å². The largest absolute Gasteiger partial charge is 0.481 e. The predicted molar refractivity (Wildman–Crippen MR) is 52.8 cm³/mol. The van der Waals surface area contributed by atoms with Gasteiger partial charge in [-0.3, -0.25) is 9.78 Å². The summed E-state index contributed by atoms with van der Waals surface area (Å²) in [6.07, 6.45) is -2.27. The number of halogens is 2. The minimum Gasteiger partial charge on any atom is -0.481 e. The number of carboxylic acid groups (broad SMARTS) is 1. The highest BCUT2D eigenvalue weighted by Gasteiger charge is 2.22. The lowest BCUT2D eigenvalue weighted by Crippen LogP contribution is -2.13. The number of pyridine rings is 1. The topological polar surface area (TPSA) is 102 Å². The lowest BCUT2D eigenvalue weighted by molar-refractivity contribution is -0.136. The van der Waals surface area contributed by atoms with Crippen molar-refractivity contribution in [1.29, 1.82) is 0 Å². The maximum atomic E-state index is 12.8. The van der Waals surface area contributed by atoms with Crippen LogP contribution < -0.4 is 11.5 Å². The summed E-state index contributed by atoms with van der Waals surface area (Å²) in [4.78, 5) is 14.2. The molecule has 0 unspecified atom stereocenters. The van der Waals surface area contributed by atoms with Crippen molar-refractivity contribution >= 4 is 11.7 Å². The Bertz CT molecular complexity index is 410. The molecule has 1 aromatic heterocycles. The Balaban J connectivity index is 3.35. The molecule has 0 radical (unpaired) electrons. The molecule has 0 fully saturated rings. The van der Waals surface area contributed by atoms with Crippen molar-refractivity contribution in [2.75, 3.05) is 5.73 Å². The van der Waals surface area contributed by atoms with E-state index in [1.54, 1.807) is 0 Å². The Kier molecular flexibility index (Phi) is 3.73. The van der Waals surface area contributed by atoms with Crippen molar-refractivity contribution in [2.45, 2.75) is 19.4 Å². The van der Waals surface area contributed by atoms with Crippen LogP contribution in [-0.2, 0) is 17.8 Å². The van der Waals surface area contributed by atoms with Crippen molar-refractivity contribution < 1.29 is 18.7 Å². The van der Waals surface area contributed by atoms with Gasteiger partial charge in [-0.15, -0.1) is 0 Å². The van der Waals surface area contributed by atoms with Crippen LogP contribution in [0.5, 0.6) is 0 Å². The molecule has 88 valence electrons. The van der Waals surface area contributed by atoms with Gasteiger partial charge in [-0.05, 0) is 5.56 Å². The van der Waals surface area contributed by atoms with Gasteiger partial charge in [0.05, 0.1) is 24.0 Å². The number of hydrogen-bond acceptors (Lipinski definition) is 4. The molecule has 0 aliphatic heterocycles. The van der Waals surface area contributed by atoms with Gasteiger partial charge >= 0.3 is 5.97 Å². The van der Waals surface area contributed by atoms with Gasteiger partial charge in [-0.1, -0.05) is 0 Å². The highest BCUT2D eigenvalue weighted by molar-refractivity contribution is 5.74. The van der Waals surface area contributed by atoms with E-state index in [-0.39, 0.29) is 23.5 Å². The molecule has 0 amide bonds. The van der Waals surface area contributed by atoms with Gasteiger partial charge in [0.15, 0.2) is 0 Å². The first-order valence-corrected chi connectivity index (χ1v) is 4.43. The first-order valence-electron chi connectivity index (χ1n) is 4.43. The van der Waals surface area contributed by atoms with E-state index >= 15 is 0 Å². The molecule has 0 aliphatic carbocycles. The van der Waals surface area contributed by atoms with Crippen LogP contribution in [0.1, 0.15) is 23.2 Å². The third kappa shape index (κ3) is 2.43. The third-order valence-electron chi connectivity index (χ3n) is 2.08. The number of rotatable bonds is 4. The number of aliphatic carboxylic acids is 1. The fourth-order valence-corrected chi connectivity index (χ4v) is 1.39. The van der Waals surface area contributed by atoms with Crippen molar-refractivity contribution in [3.05, 3.63) is 23.0 Å². The van der Waals surface area contributed by atoms with Gasteiger partial charge < -0.3 is 16.6 Å². The number of carboxylic acids is 1. The summed E-state index contributed by atoms with van der Waals surface area (Å²) in [7, 11) is 0. The van der Waals surface area contributed by atoms with Crippen LogP contribution in [0.25, 0.3) is 0 Å². The van der Waals surface area contributed by atoms with Crippen LogP contribution >= 0.6 is 0 Å². The molecule has 16 heavy (non-hydrogen) atoms. The quantitative estimate of drug-likeness (QED) is 0.707. The van der Waals surface area contributed by atoms with Crippen LogP contribution in [-0.4, -0.2) is 16.1 Å². The Labute approximate surface area is 90.1 Å². The predicted octanol–water partition coefficient (Wildman–Crippen LogP) is 0.687. The summed E-state index contributed by atoms with van der Waals surface area (Å²) >= 11 is 0. The number of nitrogen functional groups attached to an aromatic ring is 1. The molecule has 7 heteroatoms. The highest BCUT2D eigenvalue weighted by Crippen LogP contribution is 2.29. The molecule has 0 aliphatic rings. The van der Waals surface area contributed by atoms with Gasteiger partial charge in [0.25, 0.3) is 6.43 Å². The number of hydrogen-bond donors (Lipinski definition) is 3. The van der Waals surface area contributed by atoms with Crippen LogP contribution in [0.2, 0.25) is 0 Å². The van der Waals surface area contributed by atoms with E-state index in [9.17, 15) is 13.6 Å². The smallest absolute Gasteiger partial charge is 0.307 e. The number of nitrogens with zero attached hydrogens (tertiary/aromatic N) is 1. The monoisotopic (exact) mass is 231 g/mol. The third-order valence-corrected chi connectivity index (χ3v) is 2.08. The second-order valence-corrected chi connectivity index (χ2v) is 3.13. The Hall–Kier alpha value is -1.76. The maximum absolute atomic E-state index is 12.8. The summed E-state index contributed by atoms with van der Waals surface area (Å²) in [6.45, 7) is -0.188. The minimum atomic E-state index is -2.84. The zero-order valence-corrected chi connectivity index (χ0v) is 8.28. The molecular weight excluding hydrogens is 220 g/mol. The number of carbonyl (C=O) groups is 1. The zero-order chi connectivity index (χ0) is 12.3. The molecule has 1 heterocycles. The number of alkyl halides is 2. The molecule has 0 saturated carbocycles. The van der Waals surface area contributed by atoms with Crippen molar-refractivity contribution in [1.82, 2.24) is 4.98 Å². The Morgan fingerprint density at radius 3 is 2.62 bits per heavy atom. The second-order valence-electron chi connectivity index (χ2n) is 3.13. The summed E-state index contributed by atoms with van der Waals surface area (Å²) in [5, 5.41) is 8.61. The van der Waals surface area contributed by atoms with Gasteiger partial charge in [0.1, 0.15) is 0 Å². The average Bonchev–Trinajstić information content (AvgIpc) is 2.19. The van der Waals surface area contributed by atoms with Crippen LogP contribution in [0.15, 0.2) is 6.20 Å². The molecule has 5 nitrogen and oxygen atoms in total. The Morgan fingerprint density at radius 2 is 2.19 bits per heavy atom. The van der Waals surface area contributed by atoms with E-state index in [1.807, 2.05) is 0 Å². The van der Waals surface area contributed by atoms with Gasteiger partial charge in [-0.25, -0.2) is 8.78 Å². The van der Waals surface area contributed by atoms with Crippen molar-refractivity contribution in [3.8, 4) is 0 Å². The molecule has 0 saturated heterocycles. The fourth-order valence-electron chi connectivity index (χ4n) is 1.39. The number of anilines is 1. The average molecular weight is 231 g/mol. The normalized spacial score (nSPS) is 10.8. The Morgan fingerprint density at radius 1 is 1.56 bits per heavy atom. The maximum Gasteiger partial charge on any atom is 0.307 e. The number of aromatic nitrogens is 1. The van der Waals surface area contributed by atoms with Crippen LogP contribution in [0.4, 0.5) is 14.5 Å². The minimum absolute atomic E-state index is 0.0274. The molecule has 1 rings (SSSR count).